The molecule has 1 saturated heterocycles. The van der Waals surface area contributed by atoms with Gasteiger partial charge in [-0.3, -0.25) is 0 Å². The standard InChI is InChI=1S/C17H24FNO2/c1-11-2-3-12(8-15(11)18)16(20)6-7-19-9-13-4-5-17(21)14(13)10-19/h2-3,8,13-14,16-17,20-21H,4-7,9-10H2,1H3. The summed E-state index contributed by atoms with van der Waals surface area (Å²) in [4.78, 5) is 2.32. The Morgan fingerprint density at radius 1 is 1.33 bits per heavy atom. The first-order valence-corrected chi connectivity index (χ1v) is 7.89. The van der Waals surface area contributed by atoms with E-state index in [0.717, 1.165) is 32.5 Å². The second kappa shape index (κ2) is 6.03. The molecule has 1 aromatic rings. The minimum Gasteiger partial charge on any atom is -0.393 e. The number of aryl methyl sites for hydroxylation is 1. The fourth-order valence-electron chi connectivity index (χ4n) is 3.80. The summed E-state index contributed by atoms with van der Waals surface area (Å²) < 4.78 is 13.5. The summed E-state index contributed by atoms with van der Waals surface area (Å²) in [7, 11) is 0. The highest BCUT2D eigenvalue weighted by Gasteiger charge is 2.41. The van der Waals surface area contributed by atoms with Crippen LogP contribution in [0.25, 0.3) is 0 Å². The van der Waals surface area contributed by atoms with Gasteiger partial charge in [0.05, 0.1) is 12.2 Å². The number of hydrogen-bond acceptors (Lipinski definition) is 3. The van der Waals surface area contributed by atoms with Gasteiger partial charge in [-0.15, -0.1) is 0 Å². The van der Waals surface area contributed by atoms with Crippen LogP contribution in [0.15, 0.2) is 18.2 Å². The van der Waals surface area contributed by atoms with E-state index in [4.69, 9.17) is 0 Å². The maximum Gasteiger partial charge on any atom is 0.126 e. The quantitative estimate of drug-likeness (QED) is 0.895. The first-order valence-electron chi connectivity index (χ1n) is 7.89. The molecule has 2 aliphatic rings. The number of benzene rings is 1. The van der Waals surface area contributed by atoms with Crippen molar-refractivity contribution < 1.29 is 14.6 Å². The van der Waals surface area contributed by atoms with Crippen LogP contribution in [0.2, 0.25) is 0 Å². The number of aliphatic hydroxyl groups is 2. The third-order valence-corrected chi connectivity index (χ3v) is 5.19. The van der Waals surface area contributed by atoms with Crippen molar-refractivity contribution in [3.05, 3.63) is 35.1 Å². The van der Waals surface area contributed by atoms with E-state index in [1.165, 1.54) is 6.07 Å². The second-order valence-corrected chi connectivity index (χ2v) is 6.64. The molecule has 21 heavy (non-hydrogen) atoms. The van der Waals surface area contributed by atoms with Gasteiger partial charge in [-0.25, -0.2) is 4.39 Å². The minimum absolute atomic E-state index is 0.142. The number of aliphatic hydroxyl groups excluding tert-OH is 2. The van der Waals surface area contributed by atoms with E-state index in [0.29, 0.717) is 29.4 Å². The fourth-order valence-corrected chi connectivity index (χ4v) is 3.80. The van der Waals surface area contributed by atoms with E-state index in [1.807, 2.05) is 0 Å². The Hall–Kier alpha value is -0.970. The molecule has 1 aliphatic heterocycles. The van der Waals surface area contributed by atoms with Crippen molar-refractivity contribution in [1.82, 2.24) is 4.90 Å². The molecule has 3 rings (SSSR count). The van der Waals surface area contributed by atoms with Gasteiger partial charge in [0.2, 0.25) is 0 Å². The Balaban J connectivity index is 1.52. The minimum atomic E-state index is -0.620. The molecule has 1 heterocycles. The number of likely N-dealkylation sites (tertiary alicyclic amines) is 1. The highest BCUT2D eigenvalue weighted by atomic mass is 19.1. The lowest BCUT2D eigenvalue weighted by Crippen LogP contribution is -2.26. The molecule has 4 atom stereocenters. The van der Waals surface area contributed by atoms with Crippen LogP contribution >= 0.6 is 0 Å². The summed E-state index contributed by atoms with van der Waals surface area (Å²) in [6.45, 7) is 4.48. The van der Waals surface area contributed by atoms with Gasteiger partial charge in [0.15, 0.2) is 0 Å². The van der Waals surface area contributed by atoms with Crippen LogP contribution in [0.1, 0.15) is 36.5 Å². The molecule has 1 saturated carbocycles. The van der Waals surface area contributed by atoms with Crippen molar-refractivity contribution in [3.63, 3.8) is 0 Å². The van der Waals surface area contributed by atoms with Gasteiger partial charge in [0.25, 0.3) is 0 Å². The molecule has 0 bridgehead atoms. The summed E-state index contributed by atoms with van der Waals surface area (Å²) in [6, 6.07) is 4.94. The lowest BCUT2D eigenvalue weighted by atomic mass is 10.00. The van der Waals surface area contributed by atoms with Crippen molar-refractivity contribution in [3.8, 4) is 0 Å². The first kappa shape index (κ1) is 14.9. The van der Waals surface area contributed by atoms with Crippen molar-refractivity contribution >= 4 is 0 Å². The van der Waals surface area contributed by atoms with Gasteiger partial charge in [-0.1, -0.05) is 12.1 Å². The predicted octanol–water partition coefficient (Wildman–Crippen LogP) is 2.26. The van der Waals surface area contributed by atoms with E-state index in [-0.39, 0.29) is 11.9 Å². The fraction of sp³-hybridized carbons (Fsp3) is 0.647. The number of hydrogen-bond donors (Lipinski definition) is 2. The molecule has 2 N–H and O–H groups in total. The Morgan fingerprint density at radius 3 is 2.86 bits per heavy atom. The molecular formula is C17H24FNO2. The molecule has 0 spiro atoms. The second-order valence-electron chi connectivity index (χ2n) is 6.64. The van der Waals surface area contributed by atoms with Crippen molar-refractivity contribution in [1.29, 1.82) is 0 Å². The Bertz CT molecular complexity index is 508. The molecule has 0 aromatic heterocycles. The van der Waals surface area contributed by atoms with E-state index in [1.54, 1.807) is 19.1 Å². The van der Waals surface area contributed by atoms with Gasteiger partial charge >= 0.3 is 0 Å². The van der Waals surface area contributed by atoms with Crippen molar-refractivity contribution in [2.45, 2.75) is 38.4 Å². The van der Waals surface area contributed by atoms with Gasteiger partial charge in [0, 0.05) is 25.6 Å². The lowest BCUT2D eigenvalue weighted by molar-refractivity contribution is 0.117. The zero-order valence-corrected chi connectivity index (χ0v) is 12.5. The van der Waals surface area contributed by atoms with Gasteiger partial charge < -0.3 is 15.1 Å². The zero-order chi connectivity index (χ0) is 15.0. The summed E-state index contributed by atoms with van der Waals surface area (Å²) in [5.74, 6) is 0.776. The molecule has 4 unspecified atom stereocenters. The molecular weight excluding hydrogens is 269 g/mol. The monoisotopic (exact) mass is 293 g/mol. The maximum atomic E-state index is 13.5. The third-order valence-electron chi connectivity index (χ3n) is 5.19. The average Bonchev–Trinajstić information content (AvgIpc) is 3.01. The number of fused-ring (bicyclic) bond motifs is 1. The molecule has 0 radical (unpaired) electrons. The molecule has 3 nitrogen and oxygen atoms in total. The van der Waals surface area contributed by atoms with Gasteiger partial charge in [-0.05, 0) is 49.3 Å². The van der Waals surface area contributed by atoms with E-state index < -0.39 is 6.10 Å². The molecule has 1 aromatic carbocycles. The highest BCUT2D eigenvalue weighted by Crippen LogP contribution is 2.38. The number of halogens is 1. The largest absolute Gasteiger partial charge is 0.393 e. The highest BCUT2D eigenvalue weighted by molar-refractivity contribution is 5.24. The molecule has 116 valence electrons. The van der Waals surface area contributed by atoms with Crippen LogP contribution in [0, 0.1) is 24.6 Å². The first-order chi connectivity index (χ1) is 10.0. The third kappa shape index (κ3) is 3.12. The summed E-state index contributed by atoms with van der Waals surface area (Å²) in [6.07, 6.45) is 1.90. The Labute approximate surface area is 125 Å². The zero-order valence-electron chi connectivity index (χ0n) is 12.5. The molecule has 1 aliphatic carbocycles. The number of nitrogens with zero attached hydrogens (tertiary/aromatic N) is 1. The SMILES string of the molecule is Cc1ccc(C(O)CCN2CC3CCC(O)C3C2)cc1F. The molecule has 0 amide bonds. The van der Waals surface area contributed by atoms with Crippen LogP contribution < -0.4 is 0 Å². The van der Waals surface area contributed by atoms with E-state index >= 15 is 0 Å². The average molecular weight is 293 g/mol. The van der Waals surface area contributed by atoms with Crippen LogP contribution in [0.3, 0.4) is 0 Å². The van der Waals surface area contributed by atoms with Crippen molar-refractivity contribution in [2.75, 3.05) is 19.6 Å². The topological polar surface area (TPSA) is 43.7 Å². The van der Waals surface area contributed by atoms with E-state index in [2.05, 4.69) is 4.90 Å². The Morgan fingerprint density at radius 2 is 2.14 bits per heavy atom. The maximum absolute atomic E-state index is 13.5. The van der Waals surface area contributed by atoms with Crippen LogP contribution in [0.4, 0.5) is 4.39 Å². The smallest absolute Gasteiger partial charge is 0.126 e. The van der Waals surface area contributed by atoms with Crippen LogP contribution in [-0.2, 0) is 0 Å². The molecule has 4 heteroatoms. The molecule has 2 fully saturated rings. The normalized spacial score (nSPS) is 30.6. The summed E-state index contributed by atoms with van der Waals surface area (Å²) in [5, 5.41) is 20.1. The lowest BCUT2D eigenvalue weighted by Gasteiger charge is -2.20. The Kier molecular flexibility index (Phi) is 4.29. The summed E-state index contributed by atoms with van der Waals surface area (Å²) in [5.41, 5.74) is 1.25. The van der Waals surface area contributed by atoms with E-state index in [9.17, 15) is 14.6 Å². The van der Waals surface area contributed by atoms with Crippen LogP contribution in [0.5, 0.6) is 0 Å². The van der Waals surface area contributed by atoms with Gasteiger partial charge in [-0.2, -0.15) is 0 Å². The summed E-state index contributed by atoms with van der Waals surface area (Å²) >= 11 is 0. The van der Waals surface area contributed by atoms with Gasteiger partial charge in [0.1, 0.15) is 5.82 Å². The predicted molar refractivity (Wildman–Crippen MR) is 79.4 cm³/mol. The van der Waals surface area contributed by atoms with Crippen molar-refractivity contribution in [2.24, 2.45) is 11.8 Å². The number of rotatable bonds is 4. The van der Waals surface area contributed by atoms with Crippen LogP contribution in [-0.4, -0.2) is 40.9 Å².